The Balaban J connectivity index is 2.84. The summed E-state index contributed by atoms with van der Waals surface area (Å²) in [6.07, 6.45) is 5.38. The number of rotatable bonds is 0. The normalized spacial score (nSPS) is 16.2. The van der Waals surface area contributed by atoms with Gasteiger partial charge in [0.25, 0.3) is 0 Å². The lowest BCUT2D eigenvalue weighted by Gasteiger charge is -1.91. The van der Waals surface area contributed by atoms with Gasteiger partial charge in [-0.25, -0.2) is 0 Å². The van der Waals surface area contributed by atoms with Gasteiger partial charge in [-0.2, -0.15) is 0 Å². The van der Waals surface area contributed by atoms with Crippen LogP contribution in [0.4, 0.5) is 0 Å². The van der Waals surface area contributed by atoms with Crippen LogP contribution in [-0.4, -0.2) is 18.6 Å². The molecule has 1 rings (SSSR count). The molecular formula is C6H6N2. The molecule has 0 aromatic heterocycles. The number of nitrogens with one attached hydrogen (secondary N) is 1. The van der Waals surface area contributed by atoms with Crippen molar-refractivity contribution in [2.24, 2.45) is 4.99 Å². The molecule has 8 heavy (non-hydrogen) atoms. The monoisotopic (exact) mass is 106 g/mol. The van der Waals surface area contributed by atoms with Crippen LogP contribution in [0.15, 0.2) is 22.7 Å². The molecule has 1 heterocycles. The summed E-state index contributed by atoms with van der Waals surface area (Å²) in [5.74, 6) is 2.23. The minimum Gasteiger partial charge on any atom is -0.288 e. The van der Waals surface area contributed by atoms with Gasteiger partial charge in [-0.1, -0.05) is 6.08 Å². The van der Waals surface area contributed by atoms with Crippen LogP contribution in [0, 0.1) is 5.41 Å². The molecule has 0 unspecified atom stereocenters. The van der Waals surface area contributed by atoms with E-state index in [4.69, 9.17) is 5.41 Å². The Morgan fingerprint density at radius 3 is 3.00 bits per heavy atom. The van der Waals surface area contributed by atoms with Crippen LogP contribution in [0.25, 0.3) is 0 Å². The van der Waals surface area contributed by atoms with E-state index in [0.717, 1.165) is 12.1 Å². The molecule has 0 saturated carbocycles. The third-order valence-electron chi connectivity index (χ3n) is 0.883. The van der Waals surface area contributed by atoms with E-state index in [1.807, 2.05) is 12.2 Å². The third kappa shape index (κ3) is 0.922. The number of hydrogen-bond acceptors (Lipinski definition) is 2. The summed E-state index contributed by atoms with van der Waals surface area (Å²) in [6, 6.07) is 0. The molecule has 1 N–H and O–H groups in total. The van der Waals surface area contributed by atoms with Crippen molar-refractivity contribution in [3.8, 4) is 0 Å². The predicted octanol–water partition coefficient (Wildman–Crippen LogP) is 0.802. The van der Waals surface area contributed by atoms with Gasteiger partial charge in [-0.15, -0.1) is 0 Å². The van der Waals surface area contributed by atoms with Crippen molar-refractivity contribution in [1.29, 1.82) is 5.41 Å². The molecular weight excluding hydrogens is 100 g/mol. The van der Waals surface area contributed by atoms with E-state index in [2.05, 4.69) is 10.9 Å². The van der Waals surface area contributed by atoms with Crippen LogP contribution < -0.4 is 0 Å². The summed E-state index contributed by atoms with van der Waals surface area (Å²) >= 11 is 0. The lowest BCUT2D eigenvalue weighted by atomic mass is 10.2. The van der Waals surface area contributed by atoms with E-state index in [-0.39, 0.29) is 0 Å². The van der Waals surface area contributed by atoms with Crippen molar-refractivity contribution in [2.75, 3.05) is 6.54 Å². The Morgan fingerprint density at radius 2 is 2.62 bits per heavy atom. The fourth-order valence-electron chi connectivity index (χ4n) is 0.509. The Bertz CT molecular complexity index is 169. The molecule has 0 fully saturated rings. The molecule has 0 amide bonds. The average Bonchev–Trinajstić information content (AvgIpc) is 1.90. The van der Waals surface area contributed by atoms with Crippen LogP contribution in [0.5, 0.6) is 0 Å². The summed E-state index contributed by atoms with van der Waals surface area (Å²) in [6.45, 7) is 0.741. The summed E-state index contributed by atoms with van der Waals surface area (Å²) in [5.41, 5.74) is 0.747. The highest BCUT2D eigenvalue weighted by Crippen LogP contribution is 1.92. The SMILES string of the molecule is N=C=C1C=CCN=C1. The maximum absolute atomic E-state index is 6.67. The largest absolute Gasteiger partial charge is 0.288 e. The van der Waals surface area contributed by atoms with E-state index < -0.39 is 0 Å². The maximum Gasteiger partial charge on any atom is 0.0574 e. The Kier molecular flexibility index (Phi) is 1.40. The van der Waals surface area contributed by atoms with Crippen LogP contribution >= 0.6 is 0 Å². The lowest BCUT2D eigenvalue weighted by Crippen LogP contribution is -1.88. The molecule has 0 atom stereocenters. The zero-order valence-electron chi connectivity index (χ0n) is 4.39. The van der Waals surface area contributed by atoms with Gasteiger partial charge in [-0.05, 0) is 11.9 Å². The molecule has 2 heteroatoms. The van der Waals surface area contributed by atoms with Crippen molar-refractivity contribution >= 4 is 12.1 Å². The summed E-state index contributed by atoms with van der Waals surface area (Å²) in [7, 11) is 0. The molecule has 0 aromatic rings. The summed E-state index contributed by atoms with van der Waals surface area (Å²) in [5, 5.41) is 6.67. The minimum absolute atomic E-state index is 0.741. The zero-order chi connectivity index (χ0) is 5.82. The average molecular weight is 106 g/mol. The van der Waals surface area contributed by atoms with Crippen molar-refractivity contribution in [3.05, 3.63) is 17.7 Å². The number of aliphatic imine (C=N–C) groups is 1. The number of hydrogen-bond donors (Lipinski definition) is 1. The van der Waals surface area contributed by atoms with Crippen LogP contribution in [0.2, 0.25) is 0 Å². The topological polar surface area (TPSA) is 36.2 Å². The third-order valence-corrected chi connectivity index (χ3v) is 0.883. The summed E-state index contributed by atoms with van der Waals surface area (Å²) < 4.78 is 0. The van der Waals surface area contributed by atoms with Gasteiger partial charge < -0.3 is 0 Å². The molecule has 0 radical (unpaired) electrons. The lowest BCUT2D eigenvalue weighted by molar-refractivity contribution is 1.24. The smallest absolute Gasteiger partial charge is 0.0574 e. The molecule has 0 aromatic carbocycles. The highest BCUT2D eigenvalue weighted by atomic mass is 14.7. The van der Waals surface area contributed by atoms with E-state index in [1.54, 1.807) is 6.21 Å². The Morgan fingerprint density at radius 1 is 1.75 bits per heavy atom. The highest BCUT2D eigenvalue weighted by molar-refractivity contribution is 5.93. The second-order valence-electron chi connectivity index (χ2n) is 1.48. The first-order chi connectivity index (χ1) is 3.93. The second kappa shape index (κ2) is 2.24. The second-order valence-corrected chi connectivity index (χ2v) is 1.48. The van der Waals surface area contributed by atoms with Gasteiger partial charge >= 0.3 is 0 Å². The molecule has 0 spiro atoms. The van der Waals surface area contributed by atoms with Crippen molar-refractivity contribution < 1.29 is 0 Å². The number of dihydropyridines is 1. The van der Waals surface area contributed by atoms with E-state index in [9.17, 15) is 0 Å². The first-order valence-corrected chi connectivity index (χ1v) is 2.39. The number of nitrogens with zero attached hydrogens (tertiary/aromatic N) is 1. The standard InChI is InChI=1S/C6H6N2/c7-4-6-2-1-3-8-5-6/h1-2,5,7H,3H2. The predicted molar refractivity (Wildman–Crippen MR) is 33.7 cm³/mol. The van der Waals surface area contributed by atoms with E-state index in [1.165, 1.54) is 0 Å². The quantitative estimate of drug-likeness (QED) is 0.443. The van der Waals surface area contributed by atoms with Gasteiger partial charge in [0.2, 0.25) is 0 Å². The van der Waals surface area contributed by atoms with Gasteiger partial charge in [0.1, 0.15) is 0 Å². The van der Waals surface area contributed by atoms with E-state index in [0.29, 0.717) is 0 Å². The zero-order valence-corrected chi connectivity index (χ0v) is 4.39. The molecule has 2 nitrogen and oxygen atoms in total. The van der Waals surface area contributed by atoms with E-state index >= 15 is 0 Å². The molecule has 1 aliphatic heterocycles. The molecule has 0 aliphatic carbocycles. The van der Waals surface area contributed by atoms with Crippen LogP contribution in [0.3, 0.4) is 0 Å². The molecule has 1 aliphatic rings. The van der Waals surface area contributed by atoms with Crippen molar-refractivity contribution in [2.45, 2.75) is 0 Å². The summed E-state index contributed by atoms with van der Waals surface area (Å²) in [4.78, 5) is 3.90. The Labute approximate surface area is 47.8 Å². The fraction of sp³-hybridized carbons (Fsp3) is 0.167. The van der Waals surface area contributed by atoms with Gasteiger partial charge in [-0.3, -0.25) is 10.4 Å². The van der Waals surface area contributed by atoms with Crippen molar-refractivity contribution in [3.63, 3.8) is 0 Å². The van der Waals surface area contributed by atoms with Crippen LogP contribution in [0.1, 0.15) is 0 Å². The van der Waals surface area contributed by atoms with Gasteiger partial charge in [0.05, 0.1) is 12.1 Å². The Hall–Kier alpha value is -1.14. The van der Waals surface area contributed by atoms with Crippen LogP contribution in [-0.2, 0) is 0 Å². The highest BCUT2D eigenvalue weighted by Gasteiger charge is 1.87. The first-order valence-electron chi connectivity index (χ1n) is 2.39. The minimum atomic E-state index is 0.741. The molecule has 40 valence electrons. The molecule has 0 saturated heterocycles. The molecule has 0 bridgehead atoms. The van der Waals surface area contributed by atoms with Gasteiger partial charge in [0.15, 0.2) is 0 Å². The van der Waals surface area contributed by atoms with Crippen molar-refractivity contribution in [1.82, 2.24) is 0 Å². The van der Waals surface area contributed by atoms with Gasteiger partial charge in [0, 0.05) is 6.21 Å². The number of allylic oxidation sites excluding steroid dienone is 2. The first kappa shape index (κ1) is 5.01. The maximum atomic E-state index is 6.67. The fourth-order valence-corrected chi connectivity index (χ4v) is 0.509.